The van der Waals surface area contributed by atoms with Crippen LogP contribution < -0.4 is 0 Å². The van der Waals surface area contributed by atoms with E-state index in [2.05, 4.69) is 186 Å². The van der Waals surface area contributed by atoms with Crippen molar-refractivity contribution in [1.82, 2.24) is 0 Å². The maximum atomic E-state index is 2.49. The summed E-state index contributed by atoms with van der Waals surface area (Å²) >= 11 is 0. The summed E-state index contributed by atoms with van der Waals surface area (Å²) in [4.78, 5) is 0. The first-order valence-electron chi connectivity index (χ1n) is 17.5. The van der Waals surface area contributed by atoms with Crippen molar-refractivity contribution in [2.45, 2.75) is 45.4 Å². The Hall–Kier alpha value is -5.46. The van der Waals surface area contributed by atoms with Crippen LogP contribution in [0.4, 0.5) is 0 Å². The Morgan fingerprint density at radius 2 is 0.980 bits per heavy atom. The summed E-state index contributed by atoms with van der Waals surface area (Å²) in [6, 6.07) is 57.0. The van der Waals surface area contributed by atoms with Crippen LogP contribution in [0.2, 0.25) is 0 Å². The second-order valence-electron chi connectivity index (χ2n) is 15.3. The van der Waals surface area contributed by atoms with Gasteiger partial charge in [0, 0.05) is 5.41 Å². The van der Waals surface area contributed by atoms with Gasteiger partial charge in [0.05, 0.1) is 0 Å². The highest BCUT2D eigenvalue weighted by atomic mass is 14.4. The molecule has 0 atom stereocenters. The molecular formula is C49H40. The van der Waals surface area contributed by atoms with Gasteiger partial charge in [0.1, 0.15) is 0 Å². The van der Waals surface area contributed by atoms with Crippen molar-refractivity contribution < 1.29 is 0 Å². The molecule has 0 amide bonds. The van der Waals surface area contributed by atoms with Crippen molar-refractivity contribution in [2.75, 3.05) is 0 Å². The third kappa shape index (κ3) is 4.58. The molecule has 0 saturated carbocycles. The molecule has 0 aromatic heterocycles. The summed E-state index contributed by atoms with van der Waals surface area (Å²) < 4.78 is 0. The monoisotopic (exact) mass is 628 g/mol. The smallest absolute Gasteiger partial charge is 0.0159 e. The van der Waals surface area contributed by atoms with Crippen molar-refractivity contribution in [3.05, 3.63) is 168 Å². The Labute approximate surface area is 289 Å². The normalized spacial score (nSPS) is 13.6. The molecule has 0 nitrogen and oxygen atoms in total. The zero-order valence-corrected chi connectivity index (χ0v) is 28.9. The van der Waals surface area contributed by atoms with Gasteiger partial charge < -0.3 is 0 Å². The molecule has 236 valence electrons. The molecule has 8 aromatic carbocycles. The molecular weight excluding hydrogens is 589 g/mol. The van der Waals surface area contributed by atoms with Gasteiger partial charge in [0.2, 0.25) is 0 Å². The maximum Gasteiger partial charge on any atom is 0.0159 e. The lowest BCUT2D eigenvalue weighted by Gasteiger charge is -2.25. The Morgan fingerprint density at radius 1 is 0.388 bits per heavy atom. The van der Waals surface area contributed by atoms with Gasteiger partial charge in [-0.2, -0.15) is 0 Å². The molecule has 0 saturated heterocycles. The summed E-state index contributed by atoms with van der Waals surface area (Å²) in [5.74, 6) is 0. The molecule has 0 N–H and O–H groups in total. The molecule has 8 aromatic rings. The molecule has 1 aliphatic carbocycles. The van der Waals surface area contributed by atoms with E-state index < -0.39 is 0 Å². The SMILES string of the molecule is CC(C)(C)c1ccc2c(-c3cc4ccccc4cc3-c3ccccc3)c3ccccc3c(-c3ccc4c(c3)C(C)(C)c3ccccc3-4)c2c1. The largest absolute Gasteiger partial charge is 0.0622 e. The fourth-order valence-electron chi connectivity index (χ4n) is 8.41. The van der Waals surface area contributed by atoms with Crippen LogP contribution >= 0.6 is 0 Å². The number of fused-ring (bicyclic) bond motifs is 6. The lowest BCUT2D eigenvalue weighted by molar-refractivity contribution is 0.591. The van der Waals surface area contributed by atoms with Crippen LogP contribution in [0.5, 0.6) is 0 Å². The summed E-state index contributed by atoms with van der Waals surface area (Å²) in [5, 5.41) is 7.68. The van der Waals surface area contributed by atoms with Gasteiger partial charge in [-0.3, -0.25) is 0 Å². The van der Waals surface area contributed by atoms with Crippen LogP contribution in [-0.2, 0) is 10.8 Å². The molecule has 0 aliphatic heterocycles. The van der Waals surface area contributed by atoms with Crippen molar-refractivity contribution in [2.24, 2.45) is 0 Å². The Kier molecular flexibility index (Phi) is 6.52. The average Bonchev–Trinajstić information content (AvgIpc) is 3.35. The lowest BCUT2D eigenvalue weighted by atomic mass is 9.78. The fourth-order valence-corrected chi connectivity index (χ4v) is 8.41. The summed E-state index contributed by atoms with van der Waals surface area (Å²) in [5.41, 5.74) is 14.5. The highest BCUT2D eigenvalue weighted by Crippen LogP contribution is 2.52. The van der Waals surface area contributed by atoms with Crippen molar-refractivity contribution in [3.63, 3.8) is 0 Å². The zero-order chi connectivity index (χ0) is 33.5. The minimum atomic E-state index is -0.0697. The van der Waals surface area contributed by atoms with Crippen molar-refractivity contribution >= 4 is 32.3 Å². The first-order valence-corrected chi connectivity index (χ1v) is 17.5. The zero-order valence-electron chi connectivity index (χ0n) is 28.9. The molecule has 0 fully saturated rings. The molecule has 0 bridgehead atoms. The van der Waals surface area contributed by atoms with Crippen LogP contribution in [0, 0.1) is 0 Å². The number of rotatable bonds is 3. The lowest BCUT2D eigenvalue weighted by Crippen LogP contribution is -2.14. The minimum absolute atomic E-state index is 0.0109. The van der Waals surface area contributed by atoms with Gasteiger partial charge in [-0.25, -0.2) is 0 Å². The van der Waals surface area contributed by atoms with E-state index in [0.717, 1.165) is 0 Å². The van der Waals surface area contributed by atoms with Gasteiger partial charge in [0.25, 0.3) is 0 Å². The van der Waals surface area contributed by atoms with Gasteiger partial charge >= 0.3 is 0 Å². The summed E-state index contributed by atoms with van der Waals surface area (Å²) in [7, 11) is 0. The molecule has 0 heteroatoms. The number of hydrogen-bond donors (Lipinski definition) is 0. The summed E-state index contributed by atoms with van der Waals surface area (Å²) in [6.45, 7) is 11.7. The second-order valence-corrected chi connectivity index (χ2v) is 15.3. The third-order valence-electron chi connectivity index (χ3n) is 11.0. The highest BCUT2D eigenvalue weighted by Gasteiger charge is 2.35. The van der Waals surface area contributed by atoms with Gasteiger partial charge in [-0.05, 0) is 123 Å². The van der Waals surface area contributed by atoms with Crippen molar-refractivity contribution in [1.29, 1.82) is 0 Å². The number of hydrogen-bond acceptors (Lipinski definition) is 0. The first kappa shape index (κ1) is 29.7. The number of benzene rings is 8. The predicted molar refractivity (Wildman–Crippen MR) is 212 cm³/mol. The standard InChI is InChI=1S/C49H40/c1-48(2,3)35-24-26-40-43(30-35)46(34-23-25-37-36-19-13-14-22-44(36)49(4,5)45(37)29-34)38-20-11-12-21-39(38)47(40)42-28-33-18-10-9-17-32(33)27-41(42)31-15-7-6-8-16-31/h6-30H,1-5H3. The fraction of sp³-hybridized carbons (Fsp3) is 0.143. The molecule has 1 aliphatic rings. The quantitative estimate of drug-likeness (QED) is 0.171. The first-order chi connectivity index (χ1) is 23.7. The highest BCUT2D eigenvalue weighted by molar-refractivity contribution is 6.23. The van der Waals surface area contributed by atoms with Gasteiger partial charge in [-0.1, -0.05) is 162 Å². The molecule has 0 heterocycles. The predicted octanol–water partition coefficient (Wildman–Crippen LogP) is 13.8. The Balaban J connectivity index is 1.41. The minimum Gasteiger partial charge on any atom is -0.0622 e. The van der Waals surface area contributed by atoms with E-state index in [4.69, 9.17) is 0 Å². The van der Waals surface area contributed by atoms with Crippen LogP contribution in [0.15, 0.2) is 152 Å². The van der Waals surface area contributed by atoms with Gasteiger partial charge in [-0.15, -0.1) is 0 Å². The van der Waals surface area contributed by atoms with E-state index in [9.17, 15) is 0 Å². The second kappa shape index (κ2) is 10.8. The van der Waals surface area contributed by atoms with Crippen LogP contribution in [-0.4, -0.2) is 0 Å². The van der Waals surface area contributed by atoms with E-state index in [0.29, 0.717) is 0 Å². The third-order valence-corrected chi connectivity index (χ3v) is 11.0. The van der Waals surface area contributed by atoms with Gasteiger partial charge in [0.15, 0.2) is 0 Å². The van der Waals surface area contributed by atoms with E-state index in [1.54, 1.807) is 0 Å². The topological polar surface area (TPSA) is 0 Å². The molecule has 0 spiro atoms. The molecule has 0 radical (unpaired) electrons. The molecule has 9 rings (SSSR count). The maximum absolute atomic E-state index is 2.49. The van der Waals surface area contributed by atoms with E-state index in [1.807, 2.05) is 0 Å². The van der Waals surface area contributed by atoms with E-state index >= 15 is 0 Å². The summed E-state index contributed by atoms with van der Waals surface area (Å²) in [6.07, 6.45) is 0. The Morgan fingerprint density at radius 3 is 1.71 bits per heavy atom. The van der Waals surface area contributed by atoms with Crippen molar-refractivity contribution in [3.8, 4) is 44.5 Å². The van der Waals surface area contributed by atoms with Crippen LogP contribution in [0.25, 0.3) is 76.8 Å². The Bertz CT molecular complexity index is 2590. The molecule has 49 heavy (non-hydrogen) atoms. The van der Waals surface area contributed by atoms with Crippen LogP contribution in [0.1, 0.15) is 51.3 Å². The van der Waals surface area contributed by atoms with E-state index in [-0.39, 0.29) is 10.8 Å². The van der Waals surface area contributed by atoms with E-state index in [1.165, 1.54) is 93.5 Å². The average molecular weight is 629 g/mol. The van der Waals surface area contributed by atoms with Crippen LogP contribution in [0.3, 0.4) is 0 Å². The molecule has 0 unspecified atom stereocenters.